The van der Waals surface area contributed by atoms with E-state index in [0.717, 1.165) is 27.4 Å². The van der Waals surface area contributed by atoms with Gasteiger partial charge in [-0.2, -0.15) is 4.31 Å². The minimum absolute atomic E-state index is 0.0207. The lowest BCUT2D eigenvalue weighted by molar-refractivity contribution is -0.126. The van der Waals surface area contributed by atoms with E-state index < -0.39 is 10.0 Å². The third-order valence-electron chi connectivity index (χ3n) is 5.11. The van der Waals surface area contributed by atoms with Gasteiger partial charge in [-0.3, -0.25) is 4.79 Å². The fourth-order valence-corrected chi connectivity index (χ4v) is 6.44. The topological polar surface area (TPSA) is 79.4 Å². The zero-order valence-corrected chi connectivity index (χ0v) is 18.4. The molecule has 152 valence electrons. The Morgan fingerprint density at radius 1 is 1.18 bits per heavy atom. The quantitative estimate of drug-likeness (QED) is 0.805. The van der Waals surface area contributed by atoms with Crippen LogP contribution in [0.1, 0.15) is 40.2 Å². The SMILES string of the molecule is Cc1cc(C)c(S(=O)(=O)N2CCC(C(=O)NCc3nc(C)cs3)CC2)c(C)c1. The molecule has 8 heteroatoms. The highest BCUT2D eigenvalue weighted by Crippen LogP contribution is 2.28. The van der Waals surface area contributed by atoms with Crippen molar-refractivity contribution in [2.45, 2.75) is 52.0 Å². The van der Waals surface area contributed by atoms with Crippen molar-refractivity contribution in [1.82, 2.24) is 14.6 Å². The van der Waals surface area contributed by atoms with Crippen LogP contribution in [0.5, 0.6) is 0 Å². The van der Waals surface area contributed by atoms with Crippen molar-refractivity contribution in [3.05, 3.63) is 44.9 Å². The summed E-state index contributed by atoms with van der Waals surface area (Å²) < 4.78 is 27.8. The maximum Gasteiger partial charge on any atom is 0.243 e. The molecule has 3 rings (SSSR count). The van der Waals surface area contributed by atoms with E-state index in [1.807, 2.05) is 45.2 Å². The van der Waals surface area contributed by atoms with E-state index in [1.54, 1.807) is 0 Å². The van der Waals surface area contributed by atoms with E-state index in [2.05, 4.69) is 10.3 Å². The van der Waals surface area contributed by atoms with Gasteiger partial charge in [0.25, 0.3) is 0 Å². The third kappa shape index (κ3) is 4.45. The number of carbonyl (C=O) groups excluding carboxylic acids is 1. The Labute approximate surface area is 171 Å². The van der Waals surface area contributed by atoms with Crippen molar-refractivity contribution in [3.63, 3.8) is 0 Å². The van der Waals surface area contributed by atoms with Crippen LogP contribution in [0.2, 0.25) is 0 Å². The first kappa shape index (κ1) is 21.0. The lowest BCUT2D eigenvalue weighted by atomic mass is 9.97. The number of hydrogen-bond acceptors (Lipinski definition) is 5. The highest BCUT2D eigenvalue weighted by Gasteiger charge is 2.33. The van der Waals surface area contributed by atoms with Gasteiger partial charge in [0, 0.05) is 30.1 Å². The number of aryl methyl sites for hydroxylation is 4. The van der Waals surface area contributed by atoms with Gasteiger partial charge in [0.05, 0.1) is 11.4 Å². The van der Waals surface area contributed by atoms with Gasteiger partial charge >= 0.3 is 0 Å². The van der Waals surface area contributed by atoms with Crippen molar-refractivity contribution >= 4 is 27.3 Å². The number of piperidine rings is 1. The smallest absolute Gasteiger partial charge is 0.243 e. The van der Waals surface area contributed by atoms with Crippen LogP contribution in [0.25, 0.3) is 0 Å². The number of carbonyl (C=O) groups is 1. The van der Waals surface area contributed by atoms with Gasteiger partial charge < -0.3 is 5.32 Å². The van der Waals surface area contributed by atoms with Gasteiger partial charge in [-0.15, -0.1) is 11.3 Å². The molecule has 1 N–H and O–H groups in total. The van der Waals surface area contributed by atoms with E-state index in [1.165, 1.54) is 15.6 Å². The van der Waals surface area contributed by atoms with E-state index in [9.17, 15) is 13.2 Å². The first-order chi connectivity index (χ1) is 13.2. The maximum atomic E-state index is 13.1. The second-order valence-electron chi connectivity index (χ2n) is 7.51. The molecule has 0 aliphatic carbocycles. The molecule has 2 aromatic rings. The molecule has 0 saturated carbocycles. The summed E-state index contributed by atoms with van der Waals surface area (Å²) in [5.41, 5.74) is 3.56. The second kappa shape index (κ2) is 8.31. The first-order valence-electron chi connectivity index (χ1n) is 9.45. The van der Waals surface area contributed by atoms with E-state index >= 15 is 0 Å². The summed E-state index contributed by atoms with van der Waals surface area (Å²) in [6, 6.07) is 3.81. The standard InChI is InChI=1S/C20H27N3O3S2/c1-13-9-14(2)19(15(3)10-13)28(25,26)23-7-5-17(6-8-23)20(24)21-11-18-22-16(4)12-27-18/h9-10,12,17H,5-8,11H2,1-4H3,(H,21,24). The fourth-order valence-electron chi connectivity index (χ4n) is 3.85. The number of hydrogen-bond donors (Lipinski definition) is 1. The van der Waals surface area contributed by atoms with Gasteiger partial charge in [-0.05, 0) is 51.7 Å². The highest BCUT2D eigenvalue weighted by molar-refractivity contribution is 7.89. The number of amides is 1. The second-order valence-corrected chi connectivity index (χ2v) is 10.3. The van der Waals surface area contributed by atoms with Crippen LogP contribution >= 0.6 is 11.3 Å². The molecule has 1 saturated heterocycles. The fraction of sp³-hybridized carbons (Fsp3) is 0.500. The molecular formula is C20H27N3O3S2. The van der Waals surface area contributed by atoms with Crippen LogP contribution in [0.3, 0.4) is 0 Å². The number of nitrogens with zero attached hydrogens (tertiary/aromatic N) is 2. The summed E-state index contributed by atoms with van der Waals surface area (Å²) in [5.74, 6) is -0.180. The molecule has 2 heterocycles. The van der Waals surface area contributed by atoms with Gasteiger partial charge in [0.2, 0.25) is 15.9 Å². The molecule has 1 aromatic heterocycles. The van der Waals surface area contributed by atoms with Crippen LogP contribution < -0.4 is 5.32 Å². The highest BCUT2D eigenvalue weighted by atomic mass is 32.2. The maximum absolute atomic E-state index is 13.1. The van der Waals surface area contributed by atoms with Crippen LogP contribution in [-0.2, 0) is 21.4 Å². The van der Waals surface area contributed by atoms with Gasteiger partial charge in [0.1, 0.15) is 5.01 Å². The Hall–Kier alpha value is -1.77. The zero-order chi connectivity index (χ0) is 20.5. The monoisotopic (exact) mass is 421 g/mol. The normalized spacial score (nSPS) is 16.3. The first-order valence-corrected chi connectivity index (χ1v) is 11.8. The van der Waals surface area contributed by atoms with Gasteiger partial charge in [-0.1, -0.05) is 17.7 Å². The van der Waals surface area contributed by atoms with E-state index in [0.29, 0.717) is 37.4 Å². The molecule has 0 spiro atoms. The summed E-state index contributed by atoms with van der Waals surface area (Å²) in [4.78, 5) is 17.2. The minimum atomic E-state index is -3.55. The number of sulfonamides is 1. The average molecular weight is 422 g/mol. The predicted molar refractivity (Wildman–Crippen MR) is 111 cm³/mol. The molecule has 0 bridgehead atoms. The molecule has 1 fully saturated rings. The van der Waals surface area contributed by atoms with Crippen molar-refractivity contribution in [2.24, 2.45) is 5.92 Å². The average Bonchev–Trinajstić information content (AvgIpc) is 3.04. The zero-order valence-electron chi connectivity index (χ0n) is 16.8. The molecule has 1 aromatic carbocycles. The molecule has 0 radical (unpaired) electrons. The molecule has 6 nitrogen and oxygen atoms in total. The van der Waals surface area contributed by atoms with Crippen molar-refractivity contribution in [3.8, 4) is 0 Å². The van der Waals surface area contributed by atoms with Crippen LogP contribution in [0.15, 0.2) is 22.4 Å². The molecule has 1 aliphatic rings. The van der Waals surface area contributed by atoms with Crippen molar-refractivity contribution in [1.29, 1.82) is 0 Å². The largest absolute Gasteiger partial charge is 0.349 e. The number of benzene rings is 1. The number of rotatable bonds is 5. The molecule has 1 aliphatic heterocycles. The number of nitrogens with one attached hydrogen (secondary N) is 1. The lowest BCUT2D eigenvalue weighted by Crippen LogP contribution is -2.43. The number of thiazole rings is 1. The lowest BCUT2D eigenvalue weighted by Gasteiger charge is -2.31. The van der Waals surface area contributed by atoms with Crippen LogP contribution in [0.4, 0.5) is 0 Å². The van der Waals surface area contributed by atoms with Gasteiger partial charge in [-0.25, -0.2) is 13.4 Å². The summed E-state index contributed by atoms with van der Waals surface area (Å²) >= 11 is 1.53. The van der Waals surface area contributed by atoms with Crippen molar-refractivity contribution in [2.75, 3.05) is 13.1 Å². The Bertz CT molecular complexity index is 951. The summed E-state index contributed by atoms with van der Waals surface area (Å²) in [5, 5.41) is 5.78. The van der Waals surface area contributed by atoms with E-state index in [4.69, 9.17) is 0 Å². The van der Waals surface area contributed by atoms with Gasteiger partial charge in [0.15, 0.2) is 0 Å². The Morgan fingerprint density at radius 2 is 1.79 bits per heavy atom. The summed E-state index contributed by atoms with van der Waals surface area (Å²) in [7, 11) is -3.55. The molecule has 0 unspecified atom stereocenters. The molecule has 1 amide bonds. The molecular weight excluding hydrogens is 394 g/mol. The third-order valence-corrected chi connectivity index (χ3v) is 8.28. The number of aromatic nitrogens is 1. The minimum Gasteiger partial charge on any atom is -0.349 e. The Kier molecular flexibility index (Phi) is 6.21. The summed E-state index contributed by atoms with van der Waals surface area (Å²) in [6.45, 7) is 8.73. The Morgan fingerprint density at radius 3 is 2.32 bits per heavy atom. The molecule has 0 atom stereocenters. The van der Waals surface area contributed by atoms with Crippen LogP contribution in [0, 0.1) is 33.6 Å². The molecule has 28 heavy (non-hydrogen) atoms. The Balaban J connectivity index is 1.62. The van der Waals surface area contributed by atoms with E-state index in [-0.39, 0.29) is 11.8 Å². The predicted octanol–water partition coefficient (Wildman–Crippen LogP) is 3.09. The summed E-state index contributed by atoms with van der Waals surface area (Å²) in [6.07, 6.45) is 1.07. The van der Waals surface area contributed by atoms with Crippen LogP contribution in [-0.4, -0.2) is 36.7 Å². The van der Waals surface area contributed by atoms with Crippen molar-refractivity contribution < 1.29 is 13.2 Å².